The quantitative estimate of drug-likeness (QED) is 0.886. The highest BCUT2D eigenvalue weighted by molar-refractivity contribution is 5.47. The summed E-state index contributed by atoms with van der Waals surface area (Å²) < 4.78 is 5.97. The van der Waals surface area contributed by atoms with Crippen LogP contribution in [0.15, 0.2) is 48.5 Å². The molecule has 0 bridgehead atoms. The van der Waals surface area contributed by atoms with Crippen LogP contribution in [0.5, 0.6) is 5.75 Å². The van der Waals surface area contributed by atoms with Gasteiger partial charge in [-0.2, -0.15) is 0 Å². The van der Waals surface area contributed by atoms with Gasteiger partial charge in [0.15, 0.2) is 0 Å². The van der Waals surface area contributed by atoms with Crippen LogP contribution in [-0.4, -0.2) is 13.1 Å². The number of rotatable bonds is 2. The van der Waals surface area contributed by atoms with Crippen molar-refractivity contribution in [2.45, 2.75) is 25.5 Å². The second-order valence-corrected chi connectivity index (χ2v) is 5.08. The lowest BCUT2D eigenvalue weighted by Gasteiger charge is -2.25. The Labute approximate surface area is 114 Å². The van der Waals surface area contributed by atoms with Crippen molar-refractivity contribution in [2.75, 3.05) is 7.05 Å². The van der Waals surface area contributed by atoms with Gasteiger partial charge in [-0.25, -0.2) is 0 Å². The molecule has 2 atom stereocenters. The first kappa shape index (κ1) is 12.2. The van der Waals surface area contributed by atoms with Crippen LogP contribution in [0.1, 0.15) is 29.5 Å². The maximum absolute atomic E-state index is 5.97. The number of likely N-dealkylation sites (N-methyl/N-ethyl adjacent to an activating group) is 1. The monoisotopic (exact) mass is 253 g/mol. The summed E-state index contributed by atoms with van der Waals surface area (Å²) in [5.41, 5.74) is 3.93. The third-order valence-electron chi connectivity index (χ3n) is 3.98. The minimum atomic E-state index is 0.333. The van der Waals surface area contributed by atoms with E-state index < -0.39 is 0 Å². The Morgan fingerprint density at radius 2 is 1.74 bits per heavy atom. The number of fused-ring (bicyclic) bond motifs is 2. The van der Waals surface area contributed by atoms with E-state index in [-0.39, 0.29) is 0 Å². The van der Waals surface area contributed by atoms with Gasteiger partial charge in [0.25, 0.3) is 0 Å². The predicted molar refractivity (Wildman–Crippen MR) is 77.6 cm³/mol. The Balaban J connectivity index is 2.19. The van der Waals surface area contributed by atoms with Crippen molar-refractivity contribution in [3.05, 3.63) is 65.2 Å². The lowest BCUT2D eigenvalue weighted by atomic mass is 9.83. The zero-order valence-electron chi connectivity index (χ0n) is 11.4. The summed E-state index contributed by atoms with van der Waals surface area (Å²) in [4.78, 5) is 0. The van der Waals surface area contributed by atoms with Crippen molar-refractivity contribution >= 4 is 0 Å². The first-order valence-electron chi connectivity index (χ1n) is 6.78. The molecule has 1 aliphatic heterocycles. The average Bonchev–Trinajstić information content (AvgIpc) is 2.63. The molecule has 19 heavy (non-hydrogen) atoms. The molecule has 2 aromatic rings. The molecule has 0 radical (unpaired) electrons. The van der Waals surface area contributed by atoms with Crippen LogP contribution in [0, 0.1) is 0 Å². The molecule has 0 saturated carbocycles. The topological polar surface area (TPSA) is 21.3 Å². The van der Waals surface area contributed by atoms with E-state index in [9.17, 15) is 0 Å². The van der Waals surface area contributed by atoms with Gasteiger partial charge >= 0.3 is 0 Å². The van der Waals surface area contributed by atoms with E-state index in [2.05, 4.69) is 54.7 Å². The van der Waals surface area contributed by atoms with Crippen molar-refractivity contribution in [3.8, 4) is 5.75 Å². The Kier molecular flexibility index (Phi) is 3.26. The van der Waals surface area contributed by atoms with Gasteiger partial charge in [0.2, 0.25) is 0 Å². The van der Waals surface area contributed by atoms with E-state index >= 15 is 0 Å². The van der Waals surface area contributed by atoms with E-state index in [1.807, 2.05) is 13.1 Å². The van der Waals surface area contributed by atoms with E-state index in [1.54, 1.807) is 0 Å². The fourth-order valence-electron chi connectivity index (χ4n) is 2.87. The normalized spacial score (nSPS) is 18.7. The van der Waals surface area contributed by atoms with Crippen molar-refractivity contribution in [1.29, 1.82) is 0 Å². The lowest BCUT2D eigenvalue weighted by Crippen LogP contribution is -2.29. The van der Waals surface area contributed by atoms with Crippen molar-refractivity contribution in [2.24, 2.45) is 0 Å². The SMILES string of the molecule is CNC(C)C1c2ccccc2COc2ccccc21. The lowest BCUT2D eigenvalue weighted by molar-refractivity contribution is 0.306. The highest BCUT2D eigenvalue weighted by Gasteiger charge is 2.27. The molecule has 0 spiro atoms. The summed E-state index contributed by atoms with van der Waals surface area (Å²) >= 11 is 0. The molecule has 2 aromatic carbocycles. The summed E-state index contributed by atoms with van der Waals surface area (Å²) in [7, 11) is 2.02. The molecule has 1 heterocycles. The van der Waals surface area contributed by atoms with Crippen LogP contribution in [0.2, 0.25) is 0 Å². The van der Waals surface area contributed by atoms with E-state index in [0.717, 1.165) is 5.75 Å². The number of hydrogen-bond acceptors (Lipinski definition) is 2. The van der Waals surface area contributed by atoms with Crippen molar-refractivity contribution in [1.82, 2.24) is 5.32 Å². The fraction of sp³-hybridized carbons (Fsp3) is 0.294. The Morgan fingerprint density at radius 3 is 2.53 bits per heavy atom. The zero-order chi connectivity index (χ0) is 13.2. The largest absolute Gasteiger partial charge is 0.489 e. The molecule has 0 aliphatic carbocycles. The van der Waals surface area contributed by atoms with Crippen LogP contribution in [0.4, 0.5) is 0 Å². The number of ether oxygens (including phenoxy) is 1. The van der Waals surface area contributed by atoms with Gasteiger partial charge in [0.1, 0.15) is 12.4 Å². The molecular formula is C17H19NO. The smallest absolute Gasteiger partial charge is 0.123 e. The van der Waals surface area contributed by atoms with Crippen LogP contribution in [0.3, 0.4) is 0 Å². The van der Waals surface area contributed by atoms with Crippen LogP contribution in [-0.2, 0) is 6.61 Å². The number of hydrogen-bond donors (Lipinski definition) is 1. The number of nitrogens with one attached hydrogen (secondary N) is 1. The van der Waals surface area contributed by atoms with Gasteiger partial charge in [-0.05, 0) is 31.2 Å². The molecule has 3 rings (SSSR count). The maximum atomic E-state index is 5.97. The second-order valence-electron chi connectivity index (χ2n) is 5.08. The first-order chi connectivity index (χ1) is 9.31. The molecule has 0 aromatic heterocycles. The summed E-state index contributed by atoms with van der Waals surface area (Å²) in [5, 5.41) is 3.39. The Bertz CT molecular complexity index is 531. The van der Waals surface area contributed by atoms with Gasteiger partial charge in [-0.1, -0.05) is 42.5 Å². The molecular weight excluding hydrogens is 234 g/mol. The fourth-order valence-corrected chi connectivity index (χ4v) is 2.87. The number of para-hydroxylation sites is 1. The predicted octanol–water partition coefficient (Wildman–Crippen LogP) is 3.32. The molecule has 2 heteroatoms. The van der Waals surface area contributed by atoms with Crippen LogP contribution < -0.4 is 10.1 Å². The Hall–Kier alpha value is -1.80. The highest BCUT2D eigenvalue weighted by atomic mass is 16.5. The first-order valence-corrected chi connectivity index (χ1v) is 6.78. The summed E-state index contributed by atoms with van der Waals surface area (Å²) in [6.45, 7) is 2.88. The standard InChI is InChI=1S/C17H19NO/c1-12(18-2)17-14-8-4-3-7-13(14)11-19-16-10-6-5-9-15(16)17/h3-10,12,17-18H,11H2,1-2H3. The van der Waals surface area contributed by atoms with Crippen molar-refractivity contribution < 1.29 is 4.74 Å². The highest BCUT2D eigenvalue weighted by Crippen LogP contribution is 2.38. The molecule has 2 unspecified atom stereocenters. The summed E-state index contributed by atoms with van der Waals surface area (Å²) in [6.07, 6.45) is 0. The zero-order valence-corrected chi connectivity index (χ0v) is 11.4. The van der Waals surface area contributed by atoms with Gasteiger partial charge in [-0.3, -0.25) is 0 Å². The van der Waals surface area contributed by atoms with E-state index in [0.29, 0.717) is 18.6 Å². The van der Waals surface area contributed by atoms with E-state index in [1.165, 1.54) is 16.7 Å². The summed E-state index contributed by atoms with van der Waals surface area (Å²) in [6, 6.07) is 17.3. The van der Waals surface area contributed by atoms with Gasteiger partial charge < -0.3 is 10.1 Å². The van der Waals surface area contributed by atoms with Crippen molar-refractivity contribution in [3.63, 3.8) is 0 Å². The third-order valence-corrected chi connectivity index (χ3v) is 3.98. The molecule has 0 saturated heterocycles. The molecule has 2 nitrogen and oxygen atoms in total. The van der Waals surface area contributed by atoms with Gasteiger partial charge in [0.05, 0.1) is 0 Å². The molecule has 1 N–H and O–H groups in total. The molecule has 98 valence electrons. The summed E-state index contributed by atoms with van der Waals surface area (Å²) in [5.74, 6) is 1.34. The maximum Gasteiger partial charge on any atom is 0.123 e. The third kappa shape index (κ3) is 2.13. The minimum absolute atomic E-state index is 0.333. The molecule has 0 amide bonds. The Morgan fingerprint density at radius 1 is 1.05 bits per heavy atom. The van der Waals surface area contributed by atoms with E-state index in [4.69, 9.17) is 4.74 Å². The second kappa shape index (κ2) is 5.06. The molecule has 0 fully saturated rings. The van der Waals surface area contributed by atoms with Crippen LogP contribution in [0.25, 0.3) is 0 Å². The minimum Gasteiger partial charge on any atom is -0.489 e. The molecule has 1 aliphatic rings. The van der Waals surface area contributed by atoms with Gasteiger partial charge in [-0.15, -0.1) is 0 Å². The van der Waals surface area contributed by atoms with Crippen LogP contribution >= 0.6 is 0 Å². The van der Waals surface area contributed by atoms with Gasteiger partial charge in [0, 0.05) is 17.5 Å². The number of benzene rings is 2. The average molecular weight is 253 g/mol.